The van der Waals surface area contributed by atoms with E-state index in [1.807, 2.05) is 0 Å². The molecule has 0 unspecified atom stereocenters. The highest BCUT2D eigenvalue weighted by atomic mass is 32.1. The van der Waals surface area contributed by atoms with E-state index in [1.165, 1.54) is 0 Å². The van der Waals surface area contributed by atoms with Gasteiger partial charge in [0, 0.05) is 12.2 Å². The lowest BCUT2D eigenvalue weighted by Crippen LogP contribution is -2.49. The quantitative estimate of drug-likeness (QED) is 0.252. The van der Waals surface area contributed by atoms with Crippen LogP contribution in [0.15, 0.2) is 0 Å². The zero-order valence-electron chi connectivity index (χ0n) is 10.7. The summed E-state index contributed by atoms with van der Waals surface area (Å²) in [5.41, 5.74) is 10.4. The van der Waals surface area contributed by atoms with Gasteiger partial charge in [0.2, 0.25) is 17.7 Å². The minimum Gasteiger partial charge on any atom is -0.480 e. The molecule has 7 N–H and O–H groups in total. The third kappa shape index (κ3) is 7.59. The van der Waals surface area contributed by atoms with Gasteiger partial charge in [-0.25, -0.2) is 4.79 Å². The van der Waals surface area contributed by atoms with E-state index < -0.39 is 42.3 Å². The molecule has 10 heteroatoms. The van der Waals surface area contributed by atoms with Crippen LogP contribution in [-0.2, 0) is 19.2 Å². The number of carbonyl (C=O) groups is 4. The molecule has 0 radical (unpaired) electrons. The first kappa shape index (κ1) is 18.2. The molecule has 2 atom stereocenters. The highest BCUT2D eigenvalue weighted by molar-refractivity contribution is 7.80. The Balaban J connectivity index is 4.08. The van der Waals surface area contributed by atoms with Crippen molar-refractivity contribution in [1.82, 2.24) is 10.6 Å². The lowest BCUT2D eigenvalue weighted by molar-refractivity contribution is -0.141. The Bertz CT molecular complexity index is 390. The molecule has 3 amide bonds. The fraction of sp³-hybridized carbons (Fsp3) is 0.600. The van der Waals surface area contributed by atoms with E-state index in [9.17, 15) is 19.2 Å². The molecule has 0 bridgehead atoms. The van der Waals surface area contributed by atoms with E-state index in [4.69, 9.17) is 16.6 Å². The summed E-state index contributed by atoms with van der Waals surface area (Å²) < 4.78 is 0. The van der Waals surface area contributed by atoms with Crippen LogP contribution < -0.4 is 22.1 Å². The number of carboxylic acid groups (broad SMARTS) is 1. The van der Waals surface area contributed by atoms with Crippen LogP contribution in [0.3, 0.4) is 0 Å². The molecule has 20 heavy (non-hydrogen) atoms. The van der Waals surface area contributed by atoms with E-state index in [0.29, 0.717) is 0 Å². The normalized spacial score (nSPS) is 13.1. The Hall–Kier alpha value is -1.81. The van der Waals surface area contributed by atoms with Gasteiger partial charge in [0.1, 0.15) is 6.04 Å². The zero-order chi connectivity index (χ0) is 15.7. The van der Waals surface area contributed by atoms with Crippen LogP contribution in [0.4, 0.5) is 0 Å². The molecule has 0 aliphatic heterocycles. The van der Waals surface area contributed by atoms with Crippen LogP contribution in [-0.4, -0.2) is 53.2 Å². The molecule has 0 aromatic rings. The van der Waals surface area contributed by atoms with Gasteiger partial charge < -0.3 is 27.2 Å². The lowest BCUT2D eigenvalue weighted by Gasteiger charge is -2.14. The van der Waals surface area contributed by atoms with Crippen molar-refractivity contribution in [2.75, 3.05) is 12.3 Å². The summed E-state index contributed by atoms with van der Waals surface area (Å²) in [7, 11) is 0. The standard InChI is InChI=1S/C10H18N4O5S/c11-5(1-2-7(12)15)9(17)13-3-8(16)14-6(4-20)10(18)19/h5-6,20H,1-4,11H2,(H2,12,15)(H,13,17)(H,14,16)(H,18,19)/t5-,6-/m0/s1. The summed E-state index contributed by atoms with van der Waals surface area (Å²) in [6, 6.07) is -2.10. The number of hydrogen-bond acceptors (Lipinski definition) is 6. The third-order valence-electron chi connectivity index (χ3n) is 2.28. The van der Waals surface area contributed by atoms with E-state index in [0.717, 1.165) is 0 Å². The predicted octanol–water partition coefficient (Wildman–Crippen LogP) is -2.81. The second-order valence-electron chi connectivity index (χ2n) is 3.97. The Kier molecular flexibility index (Phi) is 8.32. The minimum atomic E-state index is -1.22. The number of aliphatic carboxylic acids is 1. The molecular formula is C10H18N4O5S. The van der Waals surface area contributed by atoms with Crippen molar-refractivity contribution < 1.29 is 24.3 Å². The summed E-state index contributed by atoms with van der Waals surface area (Å²) in [6.07, 6.45) is 0.0265. The fourth-order valence-electron chi connectivity index (χ4n) is 1.16. The van der Waals surface area contributed by atoms with Gasteiger partial charge in [0.15, 0.2) is 0 Å². The van der Waals surface area contributed by atoms with Crippen LogP contribution in [0.1, 0.15) is 12.8 Å². The molecule has 114 valence electrons. The van der Waals surface area contributed by atoms with Crippen LogP contribution in [0.5, 0.6) is 0 Å². The molecular weight excluding hydrogens is 288 g/mol. The van der Waals surface area contributed by atoms with Crippen molar-refractivity contribution in [3.05, 3.63) is 0 Å². The Morgan fingerprint density at radius 1 is 1.25 bits per heavy atom. The minimum absolute atomic E-state index is 0.0402. The van der Waals surface area contributed by atoms with Gasteiger partial charge >= 0.3 is 5.97 Å². The van der Waals surface area contributed by atoms with Crippen LogP contribution in [0.2, 0.25) is 0 Å². The number of amides is 3. The highest BCUT2D eigenvalue weighted by Crippen LogP contribution is 1.93. The molecule has 9 nitrogen and oxygen atoms in total. The van der Waals surface area contributed by atoms with Crippen molar-refractivity contribution in [3.8, 4) is 0 Å². The monoisotopic (exact) mass is 306 g/mol. The maximum Gasteiger partial charge on any atom is 0.327 e. The molecule has 0 saturated heterocycles. The van der Waals surface area contributed by atoms with Crippen molar-refractivity contribution in [2.45, 2.75) is 24.9 Å². The summed E-state index contributed by atoms with van der Waals surface area (Å²) in [4.78, 5) is 44.0. The first-order valence-corrected chi connectivity index (χ1v) is 6.35. The van der Waals surface area contributed by atoms with E-state index in [1.54, 1.807) is 0 Å². The summed E-state index contributed by atoms with van der Waals surface area (Å²) in [6.45, 7) is -0.416. The average molecular weight is 306 g/mol. The highest BCUT2D eigenvalue weighted by Gasteiger charge is 2.19. The van der Waals surface area contributed by atoms with Crippen molar-refractivity contribution in [2.24, 2.45) is 11.5 Å². The molecule has 0 spiro atoms. The van der Waals surface area contributed by atoms with E-state index >= 15 is 0 Å². The van der Waals surface area contributed by atoms with Crippen LogP contribution in [0.25, 0.3) is 0 Å². The second kappa shape index (κ2) is 9.15. The molecule has 0 saturated carbocycles. The smallest absolute Gasteiger partial charge is 0.327 e. The summed E-state index contributed by atoms with van der Waals surface area (Å²) >= 11 is 3.77. The zero-order valence-corrected chi connectivity index (χ0v) is 11.6. The number of nitrogens with two attached hydrogens (primary N) is 2. The first-order valence-electron chi connectivity index (χ1n) is 5.72. The molecule has 0 aliphatic rings. The predicted molar refractivity (Wildman–Crippen MR) is 72.8 cm³/mol. The number of rotatable bonds is 9. The molecule has 0 aromatic carbocycles. The molecule has 0 aromatic heterocycles. The SMILES string of the molecule is NC(=O)CC[C@H](N)C(=O)NCC(=O)N[C@@H](CS)C(=O)O. The number of carboxylic acids is 1. The maximum absolute atomic E-state index is 11.4. The van der Waals surface area contributed by atoms with Crippen molar-refractivity contribution >= 4 is 36.3 Å². The summed E-state index contributed by atoms with van der Waals surface area (Å²) in [5, 5.41) is 13.1. The first-order chi connectivity index (χ1) is 9.27. The van der Waals surface area contributed by atoms with Crippen LogP contribution >= 0.6 is 12.6 Å². The van der Waals surface area contributed by atoms with Gasteiger partial charge in [-0.05, 0) is 6.42 Å². The van der Waals surface area contributed by atoms with Gasteiger partial charge in [-0.3, -0.25) is 14.4 Å². The number of carbonyl (C=O) groups excluding carboxylic acids is 3. The molecule has 0 rings (SSSR count). The second-order valence-corrected chi connectivity index (χ2v) is 4.34. The molecule has 0 heterocycles. The van der Waals surface area contributed by atoms with Gasteiger partial charge in [-0.15, -0.1) is 0 Å². The summed E-state index contributed by atoms with van der Waals surface area (Å²) in [5.74, 6) is -3.18. The fourth-order valence-corrected chi connectivity index (χ4v) is 1.41. The number of thiol groups is 1. The van der Waals surface area contributed by atoms with Crippen LogP contribution in [0, 0.1) is 0 Å². The van der Waals surface area contributed by atoms with E-state index in [2.05, 4.69) is 23.3 Å². The van der Waals surface area contributed by atoms with Gasteiger partial charge in [-0.2, -0.15) is 12.6 Å². The average Bonchev–Trinajstić information content (AvgIpc) is 2.38. The third-order valence-corrected chi connectivity index (χ3v) is 2.64. The number of nitrogens with one attached hydrogen (secondary N) is 2. The Labute approximate surface area is 120 Å². The number of primary amides is 1. The lowest BCUT2D eigenvalue weighted by atomic mass is 10.1. The maximum atomic E-state index is 11.4. The Morgan fingerprint density at radius 3 is 2.30 bits per heavy atom. The number of hydrogen-bond donors (Lipinski definition) is 6. The Morgan fingerprint density at radius 2 is 1.85 bits per heavy atom. The topological polar surface area (TPSA) is 165 Å². The van der Waals surface area contributed by atoms with E-state index in [-0.39, 0.29) is 18.6 Å². The molecule has 0 aliphatic carbocycles. The van der Waals surface area contributed by atoms with Crippen molar-refractivity contribution in [3.63, 3.8) is 0 Å². The van der Waals surface area contributed by atoms with Gasteiger partial charge in [-0.1, -0.05) is 0 Å². The van der Waals surface area contributed by atoms with Gasteiger partial charge in [0.25, 0.3) is 0 Å². The molecule has 0 fully saturated rings. The largest absolute Gasteiger partial charge is 0.480 e. The van der Waals surface area contributed by atoms with Crippen molar-refractivity contribution in [1.29, 1.82) is 0 Å². The van der Waals surface area contributed by atoms with Gasteiger partial charge in [0.05, 0.1) is 12.6 Å².